The first-order valence-electron chi connectivity index (χ1n) is 8.94. The van der Waals surface area contributed by atoms with E-state index in [0.717, 1.165) is 22.5 Å². The van der Waals surface area contributed by atoms with Crippen LogP contribution in [0.25, 0.3) is 16.5 Å². The minimum atomic E-state index is -0.228. The summed E-state index contributed by atoms with van der Waals surface area (Å²) in [5.41, 5.74) is 4.26. The van der Waals surface area contributed by atoms with E-state index < -0.39 is 0 Å². The number of nitriles is 1. The molecular weight excluding hydrogens is 348 g/mol. The van der Waals surface area contributed by atoms with Gasteiger partial charge in [-0.1, -0.05) is 30.3 Å². The number of carbonyl (C=O) groups excluding carboxylic acids is 1. The fourth-order valence-corrected chi connectivity index (χ4v) is 3.27. The van der Waals surface area contributed by atoms with Crippen molar-refractivity contribution in [2.75, 3.05) is 5.32 Å². The van der Waals surface area contributed by atoms with Gasteiger partial charge in [-0.3, -0.25) is 4.79 Å². The number of hydrogen-bond donors (Lipinski definition) is 1. The molecule has 136 valence electrons. The van der Waals surface area contributed by atoms with Crippen molar-refractivity contribution < 1.29 is 4.79 Å². The summed E-state index contributed by atoms with van der Waals surface area (Å²) in [7, 11) is 0. The Hall–Kier alpha value is -3.91. The molecule has 0 spiro atoms. The van der Waals surface area contributed by atoms with Crippen LogP contribution in [0.15, 0.2) is 66.7 Å². The molecule has 0 fully saturated rings. The molecule has 0 bridgehead atoms. The lowest BCUT2D eigenvalue weighted by Gasteiger charge is -2.08. The van der Waals surface area contributed by atoms with Crippen molar-refractivity contribution in [1.82, 2.24) is 9.78 Å². The average Bonchev–Trinajstić information content (AvgIpc) is 3.01. The fraction of sp³-hybridized carbons (Fsp3) is 0.0870. The minimum Gasteiger partial charge on any atom is -0.319 e. The van der Waals surface area contributed by atoms with Crippen molar-refractivity contribution in [3.63, 3.8) is 0 Å². The standard InChI is InChI=1S/C23H18N4O/c1-15-22(25-23(28)19-9-7-17(14-24)8-10-19)16(2)27(26-15)21-12-11-18-5-3-4-6-20(18)13-21/h3-13H,1-2H3,(H,25,28). The topological polar surface area (TPSA) is 70.7 Å². The lowest BCUT2D eigenvalue weighted by molar-refractivity contribution is 0.102. The number of nitrogens with zero attached hydrogens (tertiary/aromatic N) is 3. The molecule has 3 aromatic carbocycles. The van der Waals surface area contributed by atoms with Gasteiger partial charge in [-0.2, -0.15) is 10.4 Å². The number of aryl methyl sites for hydroxylation is 1. The van der Waals surface area contributed by atoms with Gasteiger partial charge in [-0.15, -0.1) is 0 Å². The van der Waals surface area contributed by atoms with Gasteiger partial charge < -0.3 is 5.32 Å². The van der Waals surface area contributed by atoms with Crippen LogP contribution in [0.4, 0.5) is 5.69 Å². The third-order valence-corrected chi connectivity index (χ3v) is 4.78. The van der Waals surface area contributed by atoms with Crippen LogP contribution in [-0.2, 0) is 0 Å². The number of rotatable bonds is 3. The van der Waals surface area contributed by atoms with E-state index in [9.17, 15) is 4.79 Å². The van der Waals surface area contributed by atoms with E-state index in [0.29, 0.717) is 16.8 Å². The Balaban J connectivity index is 1.66. The van der Waals surface area contributed by atoms with E-state index in [1.165, 1.54) is 5.39 Å². The smallest absolute Gasteiger partial charge is 0.255 e. The first kappa shape index (κ1) is 17.5. The van der Waals surface area contributed by atoms with Crippen molar-refractivity contribution in [2.24, 2.45) is 0 Å². The number of benzene rings is 3. The summed E-state index contributed by atoms with van der Waals surface area (Å²) in [4.78, 5) is 12.6. The number of aromatic nitrogens is 2. The predicted molar refractivity (Wildman–Crippen MR) is 110 cm³/mol. The number of amides is 1. The normalized spacial score (nSPS) is 10.6. The zero-order valence-electron chi connectivity index (χ0n) is 15.6. The molecule has 0 unspecified atom stereocenters. The van der Waals surface area contributed by atoms with Crippen molar-refractivity contribution in [3.05, 3.63) is 89.2 Å². The number of hydrogen-bond acceptors (Lipinski definition) is 3. The van der Waals surface area contributed by atoms with Gasteiger partial charge in [0.05, 0.1) is 34.4 Å². The number of nitrogens with one attached hydrogen (secondary N) is 1. The highest BCUT2D eigenvalue weighted by Crippen LogP contribution is 2.25. The first-order valence-corrected chi connectivity index (χ1v) is 8.94. The molecule has 1 heterocycles. The Morgan fingerprint density at radius 3 is 2.43 bits per heavy atom. The van der Waals surface area contributed by atoms with Crippen LogP contribution in [0.3, 0.4) is 0 Å². The summed E-state index contributed by atoms with van der Waals surface area (Å²) in [6.45, 7) is 3.81. The Labute approximate surface area is 162 Å². The molecule has 0 aliphatic rings. The van der Waals surface area contributed by atoms with E-state index in [1.54, 1.807) is 24.3 Å². The van der Waals surface area contributed by atoms with Crippen LogP contribution in [0, 0.1) is 25.2 Å². The van der Waals surface area contributed by atoms with Gasteiger partial charge in [0, 0.05) is 5.56 Å². The highest BCUT2D eigenvalue weighted by atomic mass is 16.1. The zero-order valence-corrected chi connectivity index (χ0v) is 15.6. The summed E-state index contributed by atoms with van der Waals surface area (Å²) < 4.78 is 1.84. The lowest BCUT2D eigenvalue weighted by Crippen LogP contribution is -2.13. The second kappa shape index (κ2) is 7.01. The number of carbonyl (C=O) groups is 1. The minimum absolute atomic E-state index is 0.228. The molecule has 4 rings (SSSR count). The Kier molecular flexibility index (Phi) is 4.38. The van der Waals surface area contributed by atoms with E-state index >= 15 is 0 Å². The SMILES string of the molecule is Cc1nn(-c2ccc3ccccc3c2)c(C)c1NC(=O)c1ccc(C#N)cc1. The van der Waals surface area contributed by atoms with Gasteiger partial charge in [0.1, 0.15) is 0 Å². The fourth-order valence-electron chi connectivity index (χ4n) is 3.27. The van der Waals surface area contributed by atoms with Gasteiger partial charge in [-0.25, -0.2) is 4.68 Å². The molecule has 0 aliphatic carbocycles. The lowest BCUT2D eigenvalue weighted by atomic mass is 10.1. The van der Waals surface area contributed by atoms with Gasteiger partial charge in [0.15, 0.2) is 0 Å². The molecule has 0 atom stereocenters. The molecule has 5 heteroatoms. The molecule has 0 saturated heterocycles. The van der Waals surface area contributed by atoms with Crippen molar-refractivity contribution >= 4 is 22.4 Å². The van der Waals surface area contributed by atoms with Gasteiger partial charge in [0.2, 0.25) is 0 Å². The third kappa shape index (κ3) is 3.12. The maximum absolute atomic E-state index is 12.6. The second-order valence-corrected chi connectivity index (χ2v) is 6.63. The van der Waals surface area contributed by atoms with E-state index in [4.69, 9.17) is 5.26 Å². The van der Waals surface area contributed by atoms with Crippen molar-refractivity contribution in [1.29, 1.82) is 5.26 Å². The molecule has 0 saturated carbocycles. The average molecular weight is 366 g/mol. The first-order chi connectivity index (χ1) is 13.6. The molecule has 1 aromatic heterocycles. The Morgan fingerprint density at radius 1 is 1.00 bits per heavy atom. The third-order valence-electron chi connectivity index (χ3n) is 4.78. The summed E-state index contributed by atoms with van der Waals surface area (Å²) in [5.74, 6) is -0.228. The number of fused-ring (bicyclic) bond motifs is 1. The maximum Gasteiger partial charge on any atom is 0.255 e. The summed E-state index contributed by atoms with van der Waals surface area (Å²) in [6, 6.07) is 22.9. The second-order valence-electron chi connectivity index (χ2n) is 6.63. The Morgan fingerprint density at radius 2 is 1.71 bits per heavy atom. The molecule has 1 N–H and O–H groups in total. The highest BCUT2D eigenvalue weighted by Gasteiger charge is 2.16. The molecular formula is C23H18N4O. The monoisotopic (exact) mass is 366 g/mol. The van der Waals surface area contributed by atoms with E-state index in [2.05, 4.69) is 40.8 Å². The van der Waals surface area contributed by atoms with Crippen molar-refractivity contribution in [2.45, 2.75) is 13.8 Å². The van der Waals surface area contributed by atoms with Gasteiger partial charge >= 0.3 is 0 Å². The van der Waals surface area contributed by atoms with Crippen LogP contribution in [0.5, 0.6) is 0 Å². The van der Waals surface area contributed by atoms with Crippen LogP contribution in [-0.4, -0.2) is 15.7 Å². The van der Waals surface area contributed by atoms with E-state index in [1.807, 2.05) is 36.7 Å². The van der Waals surface area contributed by atoms with Crippen molar-refractivity contribution in [3.8, 4) is 11.8 Å². The Bertz CT molecular complexity index is 1230. The number of anilines is 1. The van der Waals surface area contributed by atoms with Crippen LogP contribution >= 0.6 is 0 Å². The van der Waals surface area contributed by atoms with Crippen LogP contribution in [0.2, 0.25) is 0 Å². The summed E-state index contributed by atoms with van der Waals surface area (Å²) in [5, 5.41) is 18.8. The molecule has 0 radical (unpaired) electrons. The van der Waals surface area contributed by atoms with E-state index in [-0.39, 0.29) is 5.91 Å². The molecule has 0 aliphatic heterocycles. The van der Waals surface area contributed by atoms with Crippen LogP contribution in [0.1, 0.15) is 27.3 Å². The summed E-state index contributed by atoms with van der Waals surface area (Å²) >= 11 is 0. The summed E-state index contributed by atoms with van der Waals surface area (Å²) in [6.07, 6.45) is 0. The molecule has 1 amide bonds. The molecule has 4 aromatic rings. The van der Waals surface area contributed by atoms with Crippen LogP contribution < -0.4 is 5.32 Å². The quantitative estimate of drug-likeness (QED) is 0.568. The van der Waals surface area contributed by atoms with Gasteiger partial charge in [0.25, 0.3) is 5.91 Å². The zero-order chi connectivity index (χ0) is 19.7. The predicted octanol–water partition coefficient (Wildman–Crippen LogP) is 4.77. The molecule has 28 heavy (non-hydrogen) atoms. The highest BCUT2D eigenvalue weighted by molar-refractivity contribution is 6.05. The largest absolute Gasteiger partial charge is 0.319 e. The molecule has 5 nitrogen and oxygen atoms in total. The maximum atomic E-state index is 12.6. The van der Waals surface area contributed by atoms with Gasteiger partial charge in [-0.05, 0) is 61.0 Å².